The lowest BCUT2D eigenvalue weighted by Gasteiger charge is -2.11. The summed E-state index contributed by atoms with van der Waals surface area (Å²) in [5.41, 5.74) is 9.54. The SMILES string of the molecule is CCc1cccc(C)c1N/C=C(/C#N)C(=O)Nc1ccc(N)c(Cl)c1. The van der Waals surface area contributed by atoms with Crippen LogP contribution >= 0.6 is 11.6 Å². The highest BCUT2D eigenvalue weighted by Crippen LogP contribution is 2.23. The van der Waals surface area contributed by atoms with E-state index in [0.717, 1.165) is 23.2 Å². The molecule has 0 aliphatic carbocycles. The van der Waals surface area contributed by atoms with Crippen LogP contribution in [0.15, 0.2) is 48.2 Å². The summed E-state index contributed by atoms with van der Waals surface area (Å²) in [6, 6.07) is 12.6. The topological polar surface area (TPSA) is 90.9 Å². The number of hydrogen-bond donors (Lipinski definition) is 3. The predicted octanol–water partition coefficient (Wildman–Crippen LogP) is 4.25. The fraction of sp³-hybridized carbons (Fsp3) is 0.158. The van der Waals surface area contributed by atoms with Crippen molar-refractivity contribution in [3.8, 4) is 6.07 Å². The number of para-hydroxylation sites is 1. The zero-order chi connectivity index (χ0) is 18.4. The molecule has 6 heteroatoms. The fourth-order valence-corrected chi connectivity index (χ4v) is 2.51. The van der Waals surface area contributed by atoms with Crippen LogP contribution in [0.2, 0.25) is 5.02 Å². The zero-order valence-corrected chi connectivity index (χ0v) is 14.8. The van der Waals surface area contributed by atoms with Gasteiger partial charge in [-0.2, -0.15) is 5.26 Å². The van der Waals surface area contributed by atoms with E-state index in [1.165, 1.54) is 12.3 Å². The summed E-state index contributed by atoms with van der Waals surface area (Å²) in [5, 5.41) is 15.3. The van der Waals surface area contributed by atoms with Crippen molar-refractivity contribution in [2.45, 2.75) is 20.3 Å². The van der Waals surface area contributed by atoms with Crippen LogP contribution < -0.4 is 16.4 Å². The van der Waals surface area contributed by atoms with Gasteiger partial charge in [-0.1, -0.05) is 36.7 Å². The molecular weight excluding hydrogens is 336 g/mol. The van der Waals surface area contributed by atoms with Crippen LogP contribution in [0, 0.1) is 18.3 Å². The number of carbonyl (C=O) groups is 1. The van der Waals surface area contributed by atoms with Crippen molar-refractivity contribution in [2.75, 3.05) is 16.4 Å². The van der Waals surface area contributed by atoms with Gasteiger partial charge in [-0.25, -0.2) is 0 Å². The van der Waals surface area contributed by atoms with Gasteiger partial charge in [0.15, 0.2) is 0 Å². The lowest BCUT2D eigenvalue weighted by atomic mass is 10.1. The molecule has 1 amide bonds. The summed E-state index contributed by atoms with van der Waals surface area (Å²) in [6.45, 7) is 4.02. The summed E-state index contributed by atoms with van der Waals surface area (Å²) < 4.78 is 0. The minimum absolute atomic E-state index is 0.0433. The Balaban J connectivity index is 2.19. The van der Waals surface area contributed by atoms with E-state index in [1.807, 2.05) is 38.1 Å². The van der Waals surface area contributed by atoms with Gasteiger partial charge in [0.25, 0.3) is 5.91 Å². The second kappa shape index (κ2) is 8.22. The number of nitriles is 1. The molecule has 0 aliphatic rings. The van der Waals surface area contributed by atoms with Crippen molar-refractivity contribution in [3.63, 3.8) is 0 Å². The highest BCUT2D eigenvalue weighted by Gasteiger charge is 2.11. The van der Waals surface area contributed by atoms with Gasteiger partial charge in [0.1, 0.15) is 11.6 Å². The molecule has 0 aliphatic heterocycles. The van der Waals surface area contributed by atoms with Gasteiger partial charge in [-0.3, -0.25) is 4.79 Å². The zero-order valence-electron chi connectivity index (χ0n) is 14.1. The van der Waals surface area contributed by atoms with Crippen molar-refractivity contribution >= 4 is 34.6 Å². The van der Waals surface area contributed by atoms with Crippen molar-refractivity contribution < 1.29 is 4.79 Å². The Kier molecular flexibility index (Phi) is 6.04. The fourth-order valence-electron chi connectivity index (χ4n) is 2.33. The third kappa shape index (κ3) is 4.52. The molecule has 0 saturated carbocycles. The van der Waals surface area contributed by atoms with Gasteiger partial charge in [0.05, 0.1) is 10.7 Å². The van der Waals surface area contributed by atoms with Gasteiger partial charge in [0, 0.05) is 17.6 Å². The molecule has 0 saturated heterocycles. The first-order chi connectivity index (χ1) is 12.0. The van der Waals surface area contributed by atoms with Crippen molar-refractivity contribution in [2.24, 2.45) is 0 Å². The van der Waals surface area contributed by atoms with E-state index in [0.29, 0.717) is 16.4 Å². The van der Waals surface area contributed by atoms with Crippen LogP contribution in [0.25, 0.3) is 0 Å². The number of nitrogens with one attached hydrogen (secondary N) is 2. The number of rotatable bonds is 5. The molecule has 128 valence electrons. The second-order valence-corrected chi connectivity index (χ2v) is 5.87. The monoisotopic (exact) mass is 354 g/mol. The summed E-state index contributed by atoms with van der Waals surface area (Å²) in [4.78, 5) is 12.3. The highest BCUT2D eigenvalue weighted by atomic mass is 35.5. The van der Waals surface area contributed by atoms with Gasteiger partial charge in [0.2, 0.25) is 0 Å². The number of anilines is 3. The van der Waals surface area contributed by atoms with Gasteiger partial charge >= 0.3 is 0 Å². The van der Waals surface area contributed by atoms with Crippen LogP contribution in [0.4, 0.5) is 17.1 Å². The Morgan fingerprint density at radius 2 is 2.12 bits per heavy atom. The average Bonchev–Trinajstić information content (AvgIpc) is 2.59. The highest BCUT2D eigenvalue weighted by molar-refractivity contribution is 6.33. The number of nitrogens with zero attached hydrogens (tertiary/aromatic N) is 1. The number of amides is 1. The van der Waals surface area contributed by atoms with Crippen LogP contribution in [0.3, 0.4) is 0 Å². The van der Waals surface area contributed by atoms with E-state index < -0.39 is 5.91 Å². The number of nitrogen functional groups attached to an aromatic ring is 1. The second-order valence-electron chi connectivity index (χ2n) is 5.47. The van der Waals surface area contributed by atoms with E-state index in [-0.39, 0.29) is 5.57 Å². The largest absolute Gasteiger partial charge is 0.398 e. The number of benzene rings is 2. The van der Waals surface area contributed by atoms with Crippen molar-refractivity contribution in [1.82, 2.24) is 0 Å². The summed E-state index contributed by atoms with van der Waals surface area (Å²) >= 11 is 5.93. The minimum Gasteiger partial charge on any atom is -0.398 e. The Morgan fingerprint density at radius 1 is 1.36 bits per heavy atom. The first-order valence-corrected chi connectivity index (χ1v) is 8.15. The van der Waals surface area contributed by atoms with Gasteiger partial charge in [-0.05, 0) is 42.7 Å². The van der Waals surface area contributed by atoms with E-state index in [2.05, 4.69) is 10.6 Å². The van der Waals surface area contributed by atoms with E-state index in [9.17, 15) is 10.1 Å². The molecular formula is C19H19ClN4O. The van der Waals surface area contributed by atoms with E-state index in [4.69, 9.17) is 17.3 Å². The van der Waals surface area contributed by atoms with Crippen molar-refractivity contribution in [3.05, 3.63) is 64.3 Å². The number of hydrogen-bond acceptors (Lipinski definition) is 4. The number of nitrogens with two attached hydrogens (primary N) is 1. The lowest BCUT2D eigenvalue weighted by molar-refractivity contribution is -0.112. The molecule has 0 radical (unpaired) electrons. The first kappa shape index (κ1) is 18.4. The smallest absolute Gasteiger partial charge is 0.267 e. The Morgan fingerprint density at radius 3 is 2.76 bits per heavy atom. The summed E-state index contributed by atoms with van der Waals surface area (Å²) in [6.07, 6.45) is 2.26. The minimum atomic E-state index is -0.525. The molecule has 0 aromatic heterocycles. The van der Waals surface area contributed by atoms with Crippen LogP contribution in [0.1, 0.15) is 18.1 Å². The number of carbonyl (C=O) groups excluding carboxylic acids is 1. The molecule has 0 spiro atoms. The summed E-state index contributed by atoms with van der Waals surface area (Å²) in [7, 11) is 0. The predicted molar refractivity (Wildman–Crippen MR) is 102 cm³/mol. The normalized spacial score (nSPS) is 10.9. The van der Waals surface area contributed by atoms with Crippen LogP contribution in [-0.2, 0) is 11.2 Å². The molecule has 2 rings (SSSR count). The quantitative estimate of drug-likeness (QED) is 0.425. The molecule has 0 bridgehead atoms. The Labute approximate surface area is 152 Å². The molecule has 25 heavy (non-hydrogen) atoms. The third-order valence-electron chi connectivity index (χ3n) is 3.72. The van der Waals surface area contributed by atoms with Crippen LogP contribution in [0.5, 0.6) is 0 Å². The maximum absolute atomic E-state index is 12.3. The first-order valence-electron chi connectivity index (χ1n) is 7.78. The van der Waals surface area contributed by atoms with Gasteiger partial charge in [-0.15, -0.1) is 0 Å². The standard InChI is InChI=1S/C19H19ClN4O/c1-3-13-6-4-5-12(2)18(13)23-11-14(10-21)19(25)24-15-7-8-17(22)16(20)9-15/h4-9,11,23H,3,22H2,1-2H3,(H,24,25)/b14-11-. The van der Waals surface area contributed by atoms with Crippen LogP contribution in [-0.4, -0.2) is 5.91 Å². The number of aryl methyl sites for hydroxylation is 2. The van der Waals surface area contributed by atoms with E-state index >= 15 is 0 Å². The molecule has 2 aromatic rings. The summed E-state index contributed by atoms with van der Waals surface area (Å²) in [5.74, 6) is -0.525. The number of halogens is 1. The molecule has 0 fully saturated rings. The van der Waals surface area contributed by atoms with Gasteiger partial charge < -0.3 is 16.4 Å². The Hall–Kier alpha value is -2.97. The third-order valence-corrected chi connectivity index (χ3v) is 4.05. The van der Waals surface area contributed by atoms with Crippen molar-refractivity contribution in [1.29, 1.82) is 5.26 Å². The molecule has 0 unspecified atom stereocenters. The Bertz CT molecular complexity index is 868. The maximum Gasteiger partial charge on any atom is 0.267 e. The molecule has 0 atom stereocenters. The molecule has 5 nitrogen and oxygen atoms in total. The average molecular weight is 355 g/mol. The molecule has 4 N–H and O–H groups in total. The molecule has 2 aromatic carbocycles. The maximum atomic E-state index is 12.3. The van der Waals surface area contributed by atoms with E-state index in [1.54, 1.807) is 12.1 Å². The lowest BCUT2D eigenvalue weighted by Crippen LogP contribution is -2.15. The molecule has 0 heterocycles.